The van der Waals surface area contributed by atoms with Crippen molar-refractivity contribution in [2.75, 3.05) is 0 Å². The zero-order valence-corrected chi connectivity index (χ0v) is 25.4. The van der Waals surface area contributed by atoms with Crippen LogP contribution in [-0.2, 0) is 6.42 Å². The minimum Gasteiger partial charge on any atom is -0.345 e. The fourth-order valence-corrected chi connectivity index (χ4v) is 6.01. The molecule has 0 saturated carbocycles. The summed E-state index contributed by atoms with van der Waals surface area (Å²) in [6, 6.07) is 28.7. The summed E-state index contributed by atoms with van der Waals surface area (Å²) in [6.45, 7) is 11.1. The van der Waals surface area contributed by atoms with E-state index in [2.05, 4.69) is 104 Å². The van der Waals surface area contributed by atoms with Gasteiger partial charge in [-0.1, -0.05) is 128 Å². The summed E-state index contributed by atoms with van der Waals surface area (Å²) >= 11 is 0. The molecular weight excluding hydrogens is 548 g/mol. The Bertz CT molecular complexity index is 1930. The third-order valence-corrected chi connectivity index (χ3v) is 8.72. The van der Waals surface area contributed by atoms with Crippen LogP contribution < -0.4 is 0 Å². The van der Waals surface area contributed by atoms with Crippen molar-refractivity contribution in [2.24, 2.45) is 0 Å². The van der Waals surface area contributed by atoms with Crippen molar-refractivity contribution in [2.45, 2.75) is 25.3 Å². The summed E-state index contributed by atoms with van der Waals surface area (Å²) in [6.07, 6.45) is 21.1. The van der Waals surface area contributed by atoms with Crippen molar-refractivity contribution < 1.29 is 0 Å². The number of rotatable bonds is 4. The molecule has 4 nitrogen and oxygen atoms in total. The minimum absolute atomic E-state index is 0.292. The number of hydrogen-bond acceptors (Lipinski definition) is 4. The highest BCUT2D eigenvalue weighted by Gasteiger charge is 2.28. The van der Waals surface area contributed by atoms with Crippen LogP contribution in [0.5, 0.6) is 0 Å². The Kier molecular flexibility index (Phi) is 7.40. The van der Waals surface area contributed by atoms with Crippen LogP contribution in [-0.4, -0.2) is 25.4 Å². The molecule has 7 rings (SSSR count). The smallest absolute Gasteiger partial charge is 0.164 e. The van der Waals surface area contributed by atoms with Gasteiger partial charge in [0, 0.05) is 29.1 Å². The molecule has 0 amide bonds. The lowest BCUT2D eigenvalue weighted by atomic mass is 9.88. The lowest BCUT2D eigenvalue weighted by molar-refractivity contribution is 0.293. The molecule has 2 heterocycles. The Morgan fingerprint density at radius 2 is 1.29 bits per heavy atom. The maximum absolute atomic E-state index is 4.92. The van der Waals surface area contributed by atoms with E-state index in [9.17, 15) is 0 Å². The van der Waals surface area contributed by atoms with Crippen LogP contribution in [0, 0.1) is 0 Å². The highest BCUT2D eigenvalue weighted by atomic mass is 15.2. The van der Waals surface area contributed by atoms with Crippen LogP contribution in [0.2, 0.25) is 0 Å². The Morgan fingerprint density at radius 3 is 1.93 bits per heavy atom. The Labute approximate surface area is 265 Å². The van der Waals surface area contributed by atoms with Gasteiger partial charge >= 0.3 is 0 Å². The van der Waals surface area contributed by atoms with Crippen LogP contribution in [0.4, 0.5) is 0 Å². The predicted octanol–water partition coefficient (Wildman–Crippen LogP) is 9.33. The monoisotopic (exact) mass is 582 g/mol. The number of aromatic nitrogens is 3. The molecule has 218 valence electrons. The summed E-state index contributed by atoms with van der Waals surface area (Å²) in [5, 5.41) is 0. The van der Waals surface area contributed by atoms with Crippen molar-refractivity contribution in [3.8, 4) is 22.8 Å². The van der Waals surface area contributed by atoms with Crippen molar-refractivity contribution in [3.63, 3.8) is 0 Å². The van der Waals surface area contributed by atoms with Gasteiger partial charge in [0.15, 0.2) is 17.5 Å². The first-order chi connectivity index (χ1) is 22.0. The quantitative estimate of drug-likeness (QED) is 0.240. The third kappa shape index (κ3) is 5.59. The number of hydrogen-bond donors (Lipinski definition) is 0. The van der Waals surface area contributed by atoms with E-state index >= 15 is 0 Å². The first kappa shape index (κ1) is 28.2. The van der Waals surface area contributed by atoms with E-state index in [0.717, 1.165) is 46.3 Å². The van der Waals surface area contributed by atoms with Crippen molar-refractivity contribution >= 4 is 11.1 Å². The minimum atomic E-state index is -0.292. The summed E-state index contributed by atoms with van der Waals surface area (Å²) in [5.41, 5.74) is 9.37. The van der Waals surface area contributed by atoms with E-state index < -0.39 is 0 Å². The number of fused-ring (bicyclic) bond motifs is 5. The van der Waals surface area contributed by atoms with E-state index in [1.807, 2.05) is 60.7 Å². The lowest BCUT2D eigenvalue weighted by Gasteiger charge is -2.37. The first-order valence-corrected chi connectivity index (χ1v) is 15.3. The molecule has 1 aliphatic heterocycles. The van der Waals surface area contributed by atoms with Crippen LogP contribution in [0.3, 0.4) is 0 Å². The fourth-order valence-electron chi connectivity index (χ4n) is 6.01. The summed E-state index contributed by atoms with van der Waals surface area (Å²) in [5.74, 6) is 2.00. The molecule has 45 heavy (non-hydrogen) atoms. The molecule has 3 aromatic carbocycles. The van der Waals surface area contributed by atoms with Gasteiger partial charge in [-0.3, -0.25) is 0 Å². The van der Waals surface area contributed by atoms with Crippen molar-refractivity contribution in [1.29, 1.82) is 0 Å². The topological polar surface area (TPSA) is 41.9 Å². The number of benzene rings is 3. The molecule has 4 aromatic rings. The molecule has 0 spiro atoms. The molecular formula is C41H34N4. The maximum atomic E-state index is 4.92. The van der Waals surface area contributed by atoms with Gasteiger partial charge in [0.1, 0.15) is 0 Å². The van der Waals surface area contributed by atoms with Crippen molar-refractivity contribution in [1.82, 2.24) is 19.9 Å². The Balaban J connectivity index is 1.23. The van der Waals surface area contributed by atoms with Gasteiger partial charge in [0.05, 0.1) is 5.54 Å². The Hall–Kier alpha value is -5.61. The van der Waals surface area contributed by atoms with E-state index in [4.69, 9.17) is 15.0 Å². The SMILES string of the molecule is C=C1C(=C)/C2=C\C=C/N(C3(C)C=CC(c4nc(-c5ccccc5)nc(-c5ccccc5)n4)=CC3)/C=C\C=C/1Cc1ccccc12. The van der Waals surface area contributed by atoms with Crippen molar-refractivity contribution in [3.05, 3.63) is 187 Å². The zero-order chi connectivity index (χ0) is 30.8. The normalized spacial score (nSPS) is 23.0. The molecule has 0 radical (unpaired) electrons. The highest BCUT2D eigenvalue weighted by molar-refractivity contribution is 5.88. The van der Waals surface area contributed by atoms with Crippen LogP contribution in [0.15, 0.2) is 170 Å². The van der Waals surface area contributed by atoms with Crippen LogP contribution >= 0.6 is 0 Å². The highest BCUT2D eigenvalue weighted by Crippen LogP contribution is 2.39. The van der Waals surface area contributed by atoms with Gasteiger partial charge in [-0.25, -0.2) is 15.0 Å². The molecule has 0 N–H and O–H groups in total. The van der Waals surface area contributed by atoms with E-state index in [-0.39, 0.29) is 5.54 Å². The molecule has 4 heteroatoms. The second-order valence-corrected chi connectivity index (χ2v) is 11.7. The van der Waals surface area contributed by atoms with Gasteiger partial charge in [0.2, 0.25) is 0 Å². The molecule has 0 saturated heterocycles. The predicted molar refractivity (Wildman–Crippen MR) is 185 cm³/mol. The summed E-state index contributed by atoms with van der Waals surface area (Å²) in [7, 11) is 0. The number of allylic oxidation sites excluding steroid dienone is 10. The second-order valence-electron chi connectivity index (χ2n) is 11.7. The average molecular weight is 583 g/mol. The van der Waals surface area contributed by atoms with E-state index in [1.54, 1.807) is 0 Å². The van der Waals surface area contributed by atoms with Gasteiger partial charge in [-0.15, -0.1) is 0 Å². The van der Waals surface area contributed by atoms with Gasteiger partial charge < -0.3 is 4.90 Å². The maximum Gasteiger partial charge on any atom is 0.164 e. The lowest BCUT2D eigenvalue weighted by Crippen LogP contribution is -2.38. The number of nitrogens with zero attached hydrogens (tertiary/aromatic N) is 4. The molecule has 0 fully saturated rings. The molecule has 1 unspecified atom stereocenters. The molecule has 1 atom stereocenters. The largest absolute Gasteiger partial charge is 0.345 e. The third-order valence-electron chi connectivity index (χ3n) is 8.72. The summed E-state index contributed by atoms with van der Waals surface area (Å²) < 4.78 is 0. The standard InChI is InChI=1S/C41H34N4/c1-29-30(2)36-21-13-27-45(26-12-19-34(29)28-35-18-10-11-20-37(35)36)41(3)24-22-33(23-25-41)40-43-38(31-14-6-4-7-15-31)42-39(44-40)32-16-8-5-9-17-32/h4-24,26-27H,1-2,25,28H2,3H3/b26-12-,27-13-,34-19-,36-21+. The van der Waals surface area contributed by atoms with Crippen LogP contribution in [0.25, 0.3) is 33.9 Å². The zero-order valence-electron chi connectivity index (χ0n) is 25.4. The van der Waals surface area contributed by atoms with Gasteiger partial charge in [-0.05, 0) is 65.3 Å². The average Bonchev–Trinajstić information content (AvgIpc) is 3.19. The van der Waals surface area contributed by atoms with Gasteiger partial charge in [0.25, 0.3) is 0 Å². The second kappa shape index (κ2) is 11.8. The Morgan fingerprint density at radius 1 is 0.689 bits per heavy atom. The molecule has 1 aromatic heterocycles. The van der Waals surface area contributed by atoms with E-state index in [1.165, 1.54) is 16.7 Å². The van der Waals surface area contributed by atoms with Gasteiger partial charge in [-0.2, -0.15) is 0 Å². The molecule has 2 bridgehead atoms. The first-order valence-electron chi connectivity index (χ1n) is 15.3. The van der Waals surface area contributed by atoms with Crippen LogP contribution in [0.1, 0.15) is 30.3 Å². The molecule has 3 aliphatic rings. The molecule has 2 aliphatic carbocycles. The van der Waals surface area contributed by atoms with E-state index in [0.29, 0.717) is 17.5 Å². The summed E-state index contributed by atoms with van der Waals surface area (Å²) in [4.78, 5) is 17.0. The fraction of sp³-hybridized carbons (Fsp3) is 0.0976.